The quantitative estimate of drug-likeness (QED) is 0.670. The molecule has 0 atom stereocenters. The standard InChI is InChI=1S/C17H17FN2O2S2/c1-19-10-4-6-14(19)12-20(13-15-7-5-11-23-15)24(21,22)17-9-3-2-8-16(17)18/h2-11H,12-13H2,1H3. The third-order valence-corrected chi connectivity index (χ3v) is 6.44. The second-order valence-corrected chi connectivity index (χ2v) is 8.33. The van der Waals surface area contributed by atoms with Crippen LogP contribution in [0, 0.1) is 5.82 Å². The van der Waals surface area contributed by atoms with E-state index in [1.807, 2.05) is 47.5 Å². The summed E-state index contributed by atoms with van der Waals surface area (Å²) in [7, 11) is -2.09. The predicted molar refractivity (Wildman–Crippen MR) is 92.6 cm³/mol. The number of aryl methyl sites for hydroxylation is 1. The Morgan fingerprint density at radius 3 is 2.50 bits per heavy atom. The van der Waals surface area contributed by atoms with Gasteiger partial charge in [0.1, 0.15) is 10.7 Å². The summed E-state index contributed by atoms with van der Waals surface area (Å²) < 4.78 is 43.2. The second-order valence-electron chi connectivity index (χ2n) is 5.39. The minimum atomic E-state index is -3.95. The van der Waals surface area contributed by atoms with Crippen molar-refractivity contribution in [3.05, 3.63) is 76.5 Å². The Kier molecular flexibility index (Phi) is 4.84. The monoisotopic (exact) mass is 364 g/mol. The van der Waals surface area contributed by atoms with Crippen molar-refractivity contribution in [1.29, 1.82) is 0 Å². The van der Waals surface area contributed by atoms with E-state index in [2.05, 4.69) is 0 Å². The van der Waals surface area contributed by atoms with E-state index in [1.165, 1.54) is 39.9 Å². The van der Waals surface area contributed by atoms with Crippen LogP contribution >= 0.6 is 11.3 Å². The first-order valence-electron chi connectivity index (χ1n) is 7.36. The Hall–Kier alpha value is -1.96. The number of hydrogen-bond acceptors (Lipinski definition) is 3. The first kappa shape index (κ1) is 16.9. The molecule has 3 rings (SSSR count). The SMILES string of the molecule is Cn1cccc1CN(Cc1cccs1)S(=O)(=O)c1ccccc1F. The molecule has 0 aliphatic heterocycles. The Balaban J connectivity index is 2.00. The molecular formula is C17H17FN2O2S2. The van der Waals surface area contributed by atoms with E-state index in [1.54, 1.807) is 0 Å². The van der Waals surface area contributed by atoms with Crippen molar-refractivity contribution in [2.75, 3.05) is 0 Å². The molecular weight excluding hydrogens is 347 g/mol. The topological polar surface area (TPSA) is 42.3 Å². The van der Waals surface area contributed by atoms with Crippen molar-refractivity contribution in [2.45, 2.75) is 18.0 Å². The maximum atomic E-state index is 14.1. The maximum absolute atomic E-state index is 14.1. The summed E-state index contributed by atoms with van der Waals surface area (Å²) >= 11 is 1.48. The van der Waals surface area contributed by atoms with Gasteiger partial charge in [-0.2, -0.15) is 4.31 Å². The van der Waals surface area contributed by atoms with E-state index in [0.29, 0.717) is 0 Å². The van der Waals surface area contributed by atoms with E-state index in [0.717, 1.165) is 10.6 Å². The van der Waals surface area contributed by atoms with Crippen LogP contribution in [-0.4, -0.2) is 17.3 Å². The van der Waals surface area contributed by atoms with Crippen molar-refractivity contribution in [3.8, 4) is 0 Å². The molecule has 0 saturated heterocycles. The predicted octanol–water partition coefficient (Wildman–Crippen LogP) is 3.62. The molecule has 4 nitrogen and oxygen atoms in total. The van der Waals surface area contributed by atoms with Gasteiger partial charge in [0.05, 0.1) is 6.54 Å². The van der Waals surface area contributed by atoms with Crippen molar-refractivity contribution >= 4 is 21.4 Å². The molecule has 7 heteroatoms. The van der Waals surface area contributed by atoms with Gasteiger partial charge in [0.15, 0.2) is 0 Å². The van der Waals surface area contributed by atoms with Crippen molar-refractivity contribution in [1.82, 2.24) is 8.87 Å². The summed E-state index contributed by atoms with van der Waals surface area (Å²) in [6, 6.07) is 12.9. The van der Waals surface area contributed by atoms with Gasteiger partial charge in [-0.25, -0.2) is 12.8 Å². The zero-order valence-electron chi connectivity index (χ0n) is 13.1. The van der Waals surface area contributed by atoms with Gasteiger partial charge in [0.2, 0.25) is 10.0 Å². The third-order valence-electron chi connectivity index (χ3n) is 3.76. The minimum absolute atomic E-state index is 0.179. The fourth-order valence-corrected chi connectivity index (χ4v) is 4.69. The van der Waals surface area contributed by atoms with Gasteiger partial charge < -0.3 is 4.57 Å². The lowest BCUT2D eigenvalue weighted by molar-refractivity contribution is 0.392. The average molecular weight is 364 g/mol. The summed E-state index contributed by atoms with van der Waals surface area (Å²) in [4.78, 5) is 0.611. The number of hydrogen-bond donors (Lipinski definition) is 0. The van der Waals surface area contributed by atoms with Gasteiger partial charge in [0, 0.05) is 30.4 Å². The summed E-state index contributed by atoms with van der Waals surface area (Å²) in [6.45, 7) is 0.386. The lowest BCUT2D eigenvalue weighted by Gasteiger charge is -2.22. The molecule has 0 saturated carbocycles. The Morgan fingerprint density at radius 1 is 1.08 bits per heavy atom. The van der Waals surface area contributed by atoms with E-state index in [-0.39, 0.29) is 18.0 Å². The van der Waals surface area contributed by atoms with Crippen molar-refractivity contribution in [2.24, 2.45) is 7.05 Å². The number of rotatable bonds is 6. The number of nitrogens with zero attached hydrogens (tertiary/aromatic N) is 2. The van der Waals surface area contributed by atoms with Crippen LogP contribution in [0.2, 0.25) is 0 Å². The summed E-state index contributed by atoms with van der Waals surface area (Å²) in [6.07, 6.45) is 1.86. The fraction of sp³-hybridized carbons (Fsp3) is 0.176. The molecule has 24 heavy (non-hydrogen) atoms. The largest absolute Gasteiger partial charge is 0.353 e. The lowest BCUT2D eigenvalue weighted by atomic mass is 10.3. The highest BCUT2D eigenvalue weighted by Crippen LogP contribution is 2.24. The molecule has 0 spiro atoms. The zero-order chi connectivity index (χ0) is 17.2. The molecule has 2 heterocycles. The van der Waals surface area contributed by atoms with E-state index in [4.69, 9.17) is 0 Å². The molecule has 0 radical (unpaired) electrons. The van der Waals surface area contributed by atoms with Crippen LogP contribution in [0.4, 0.5) is 4.39 Å². The molecule has 2 aromatic heterocycles. The first-order chi connectivity index (χ1) is 11.5. The van der Waals surface area contributed by atoms with E-state index < -0.39 is 15.8 Å². The van der Waals surface area contributed by atoms with Crippen LogP contribution in [0.1, 0.15) is 10.6 Å². The lowest BCUT2D eigenvalue weighted by Crippen LogP contribution is -2.31. The zero-order valence-corrected chi connectivity index (χ0v) is 14.7. The molecule has 0 amide bonds. The number of halogens is 1. The molecule has 0 aliphatic rings. The molecule has 0 fully saturated rings. The first-order valence-corrected chi connectivity index (χ1v) is 9.68. The highest BCUT2D eigenvalue weighted by atomic mass is 32.2. The minimum Gasteiger partial charge on any atom is -0.353 e. The second kappa shape index (κ2) is 6.88. The highest BCUT2D eigenvalue weighted by molar-refractivity contribution is 7.89. The van der Waals surface area contributed by atoms with Crippen molar-refractivity contribution < 1.29 is 12.8 Å². The van der Waals surface area contributed by atoms with Crippen LogP contribution in [0.5, 0.6) is 0 Å². The Bertz CT molecular complexity index is 918. The van der Waals surface area contributed by atoms with Gasteiger partial charge >= 0.3 is 0 Å². The van der Waals surface area contributed by atoms with Crippen LogP contribution < -0.4 is 0 Å². The summed E-state index contributed by atoms with van der Waals surface area (Å²) in [5.41, 5.74) is 0.839. The van der Waals surface area contributed by atoms with Gasteiger partial charge in [-0.05, 0) is 35.7 Å². The maximum Gasteiger partial charge on any atom is 0.246 e. The van der Waals surface area contributed by atoms with Gasteiger partial charge in [-0.1, -0.05) is 18.2 Å². The number of benzene rings is 1. The number of sulfonamides is 1. The summed E-state index contributed by atoms with van der Waals surface area (Å²) in [5.74, 6) is -0.736. The molecule has 126 valence electrons. The normalized spacial score (nSPS) is 12.0. The molecule has 0 N–H and O–H groups in total. The average Bonchev–Trinajstić information content (AvgIpc) is 3.19. The van der Waals surface area contributed by atoms with Crippen LogP contribution in [-0.2, 0) is 30.2 Å². The Morgan fingerprint density at radius 2 is 1.88 bits per heavy atom. The van der Waals surface area contributed by atoms with Gasteiger partial charge in [-0.15, -0.1) is 11.3 Å². The van der Waals surface area contributed by atoms with Gasteiger partial charge in [-0.3, -0.25) is 0 Å². The van der Waals surface area contributed by atoms with E-state index >= 15 is 0 Å². The fourth-order valence-electron chi connectivity index (χ4n) is 2.44. The molecule has 3 aromatic rings. The Labute approximate surface area is 144 Å². The van der Waals surface area contributed by atoms with Crippen molar-refractivity contribution in [3.63, 3.8) is 0 Å². The van der Waals surface area contributed by atoms with E-state index in [9.17, 15) is 12.8 Å². The smallest absolute Gasteiger partial charge is 0.246 e. The number of aromatic nitrogens is 1. The third kappa shape index (κ3) is 3.43. The summed E-state index contributed by atoms with van der Waals surface area (Å²) in [5, 5.41) is 1.89. The molecule has 0 aliphatic carbocycles. The molecule has 1 aromatic carbocycles. The highest BCUT2D eigenvalue weighted by Gasteiger charge is 2.28. The van der Waals surface area contributed by atoms with Crippen LogP contribution in [0.15, 0.2) is 65.0 Å². The molecule has 0 bridgehead atoms. The number of thiophene rings is 1. The molecule has 0 unspecified atom stereocenters. The van der Waals surface area contributed by atoms with Crippen LogP contribution in [0.3, 0.4) is 0 Å². The van der Waals surface area contributed by atoms with Gasteiger partial charge in [0.25, 0.3) is 0 Å². The van der Waals surface area contributed by atoms with Crippen LogP contribution in [0.25, 0.3) is 0 Å².